The lowest BCUT2D eigenvalue weighted by Gasteiger charge is -2.13. The van der Waals surface area contributed by atoms with Crippen LogP contribution < -0.4 is 16.0 Å². The third-order valence-corrected chi connectivity index (χ3v) is 7.62. The first-order valence-electron chi connectivity index (χ1n) is 11.8. The Morgan fingerprint density at radius 2 is 1.41 bits per heavy atom. The van der Waals surface area contributed by atoms with Crippen LogP contribution in [0.15, 0.2) is 42.5 Å². The summed E-state index contributed by atoms with van der Waals surface area (Å²) < 4.78 is 119. The van der Waals surface area contributed by atoms with Crippen LogP contribution in [0.3, 0.4) is 0 Å². The van der Waals surface area contributed by atoms with E-state index in [2.05, 4.69) is 5.32 Å². The number of anilines is 3. The highest BCUT2D eigenvalue weighted by molar-refractivity contribution is 6.53. The lowest BCUT2D eigenvalue weighted by Crippen LogP contribution is -2.21. The molecule has 3 aromatic rings. The SMILES string of the molecule is O=C(Nc1cc(NC(=O)C(F)F)c(F)cc1F)c1cc(NC(=O)[C@H]2[C@H](c3ccc(F)c(C(F)(F)F)c3)C2(Cl)Cl)cc(F)c1Cl. The van der Waals surface area contributed by atoms with Crippen LogP contribution in [0.25, 0.3) is 0 Å². The molecule has 0 saturated heterocycles. The number of benzene rings is 3. The van der Waals surface area contributed by atoms with Crippen LogP contribution in [0.1, 0.15) is 27.4 Å². The molecule has 18 heteroatoms. The summed E-state index contributed by atoms with van der Waals surface area (Å²) in [7, 11) is 0. The van der Waals surface area contributed by atoms with Crippen molar-refractivity contribution in [2.75, 3.05) is 16.0 Å². The first-order valence-corrected chi connectivity index (χ1v) is 12.9. The zero-order chi connectivity index (χ0) is 32.9. The molecule has 0 aliphatic heterocycles. The van der Waals surface area contributed by atoms with Gasteiger partial charge in [0.05, 0.1) is 33.4 Å². The van der Waals surface area contributed by atoms with E-state index in [9.17, 15) is 53.9 Å². The van der Waals surface area contributed by atoms with Crippen molar-refractivity contribution in [2.45, 2.75) is 22.9 Å². The van der Waals surface area contributed by atoms with Crippen LogP contribution in [0, 0.1) is 29.2 Å². The van der Waals surface area contributed by atoms with Gasteiger partial charge >= 0.3 is 12.6 Å². The largest absolute Gasteiger partial charge is 0.419 e. The Kier molecular flexibility index (Phi) is 9.06. The molecule has 3 amide bonds. The van der Waals surface area contributed by atoms with Crippen molar-refractivity contribution in [3.63, 3.8) is 0 Å². The second kappa shape index (κ2) is 12.0. The van der Waals surface area contributed by atoms with Crippen molar-refractivity contribution in [2.24, 2.45) is 5.92 Å². The normalized spacial score (nSPS) is 17.3. The number of rotatable bonds is 7. The molecular weight excluding hydrogens is 680 g/mol. The second-order valence-corrected chi connectivity index (χ2v) is 11.1. The van der Waals surface area contributed by atoms with E-state index in [0.29, 0.717) is 24.3 Å². The molecule has 1 aliphatic carbocycles. The lowest BCUT2D eigenvalue weighted by atomic mass is 10.0. The van der Waals surface area contributed by atoms with Crippen LogP contribution in [-0.2, 0) is 15.8 Å². The number of hydrogen-bond donors (Lipinski definition) is 3. The van der Waals surface area contributed by atoms with Gasteiger partial charge in [0, 0.05) is 17.7 Å². The molecule has 44 heavy (non-hydrogen) atoms. The van der Waals surface area contributed by atoms with Gasteiger partial charge in [0.15, 0.2) is 0 Å². The predicted molar refractivity (Wildman–Crippen MR) is 141 cm³/mol. The van der Waals surface area contributed by atoms with Crippen LogP contribution in [0.4, 0.5) is 56.6 Å². The van der Waals surface area contributed by atoms with Gasteiger partial charge in [0.1, 0.15) is 27.6 Å². The number of carbonyl (C=O) groups excluding carboxylic acids is 3. The molecule has 0 heterocycles. The van der Waals surface area contributed by atoms with E-state index in [-0.39, 0.29) is 11.6 Å². The van der Waals surface area contributed by atoms with E-state index in [4.69, 9.17) is 34.8 Å². The van der Waals surface area contributed by atoms with Gasteiger partial charge in [-0.1, -0.05) is 17.7 Å². The molecule has 1 fully saturated rings. The van der Waals surface area contributed by atoms with Crippen molar-refractivity contribution < 1.29 is 53.9 Å². The number of carbonyl (C=O) groups is 3. The number of nitrogens with one attached hydrogen (secondary N) is 3. The Morgan fingerprint density at radius 1 is 0.795 bits per heavy atom. The third-order valence-electron chi connectivity index (χ3n) is 6.29. The molecule has 234 valence electrons. The maximum absolute atomic E-state index is 14.6. The Labute approximate surface area is 255 Å². The maximum Gasteiger partial charge on any atom is 0.419 e. The molecule has 3 aromatic carbocycles. The molecule has 6 nitrogen and oxygen atoms in total. The maximum atomic E-state index is 14.6. The smallest absolute Gasteiger partial charge is 0.326 e. The number of halogens is 12. The van der Waals surface area contributed by atoms with E-state index in [1.54, 1.807) is 0 Å². The van der Waals surface area contributed by atoms with Gasteiger partial charge < -0.3 is 16.0 Å². The zero-order valence-electron chi connectivity index (χ0n) is 21.0. The van der Waals surface area contributed by atoms with E-state index in [1.165, 1.54) is 5.32 Å². The molecule has 3 N–H and O–H groups in total. The van der Waals surface area contributed by atoms with Crippen molar-refractivity contribution >= 4 is 69.6 Å². The van der Waals surface area contributed by atoms with E-state index >= 15 is 0 Å². The highest BCUT2D eigenvalue weighted by Gasteiger charge is 2.67. The molecule has 0 aromatic heterocycles. The van der Waals surface area contributed by atoms with Gasteiger partial charge in [0.2, 0.25) is 5.91 Å². The Bertz CT molecular complexity index is 1690. The number of hydrogen-bond acceptors (Lipinski definition) is 3. The number of amides is 3. The fourth-order valence-corrected chi connectivity index (χ4v) is 5.21. The molecule has 2 atom stereocenters. The molecule has 0 bridgehead atoms. The van der Waals surface area contributed by atoms with Crippen LogP contribution >= 0.6 is 34.8 Å². The summed E-state index contributed by atoms with van der Waals surface area (Å²) in [4.78, 5) is 37.0. The summed E-state index contributed by atoms with van der Waals surface area (Å²) >= 11 is 18.1. The summed E-state index contributed by atoms with van der Waals surface area (Å²) in [5.74, 6) is -12.8. The van der Waals surface area contributed by atoms with Crippen molar-refractivity contribution in [1.29, 1.82) is 0 Å². The van der Waals surface area contributed by atoms with Crippen molar-refractivity contribution in [1.82, 2.24) is 0 Å². The lowest BCUT2D eigenvalue weighted by molar-refractivity contribution is -0.140. The summed E-state index contributed by atoms with van der Waals surface area (Å²) in [6.45, 7) is 0. The van der Waals surface area contributed by atoms with Crippen molar-refractivity contribution in [3.05, 3.63) is 87.4 Å². The van der Waals surface area contributed by atoms with Crippen molar-refractivity contribution in [3.8, 4) is 0 Å². The van der Waals surface area contributed by atoms with Gasteiger partial charge in [-0.2, -0.15) is 22.0 Å². The third kappa shape index (κ3) is 6.69. The standard InChI is InChI=1S/C26H13Cl3F9N3O3/c27-20-10(22(42)40-16-7-17(14(32)6-13(16)31)41-24(44)21(34)35)4-9(5-15(20)33)39-23(43)19-18(25(19,28)29)8-1-2-12(30)11(3-8)26(36,37)38/h1-7,18-19,21H,(H,39,43)(H,40,42)(H,41,44)/t18-,19+/m0/s1. The molecular formula is C26H13Cl3F9N3O3. The van der Waals surface area contributed by atoms with Gasteiger partial charge in [-0.15, -0.1) is 23.2 Å². The first-order chi connectivity index (χ1) is 20.3. The van der Waals surface area contributed by atoms with Gasteiger partial charge in [-0.05, 0) is 35.9 Å². The molecule has 1 aliphatic rings. The fourth-order valence-electron chi connectivity index (χ4n) is 4.19. The number of alkyl halides is 7. The molecule has 4 rings (SSSR count). The summed E-state index contributed by atoms with van der Waals surface area (Å²) in [5.41, 5.74) is -4.81. The summed E-state index contributed by atoms with van der Waals surface area (Å²) in [6.07, 6.45) is -8.62. The Hall–Kier alpha value is -3.69. The Balaban J connectivity index is 1.56. The minimum Gasteiger partial charge on any atom is -0.326 e. The zero-order valence-corrected chi connectivity index (χ0v) is 23.3. The van der Waals surface area contributed by atoms with Crippen LogP contribution in [-0.4, -0.2) is 28.5 Å². The van der Waals surface area contributed by atoms with Gasteiger partial charge in [-0.25, -0.2) is 17.6 Å². The molecule has 1 saturated carbocycles. The van der Waals surface area contributed by atoms with E-state index < -0.39 is 103 Å². The molecule has 0 spiro atoms. The van der Waals surface area contributed by atoms with Crippen LogP contribution in [0.5, 0.6) is 0 Å². The summed E-state index contributed by atoms with van der Waals surface area (Å²) in [5, 5.41) is 4.72. The van der Waals surface area contributed by atoms with Gasteiger partial charge in [0.25, 0.3) is 11.8 Å². The van der Waals surface area contributed by atoms with E-state index in [0.717, 1.165) is 12.1 Å². The highest BCUT2D eigenvalue weighted by Crippen LogP contribution is 2.65. The average molecular weight is 693 g/mol. The fraction of sp³-hybridized carbons (Fsp3) is 0.192. The minimum atomic E-state index is -5.07. The topological polar surface area (TPSA) is 87.3 Å². The highest BCUT2D eigenvalue weighted by atomic mass is 35.5. The second-order valence-electron chi connectivity index (χ2n) is 9.23. The van der Waals surface area contributed by atoms with E-state index in [1.807, 2.05) is 5.32 Å². The monoisotopic (exact) mass is 691 g/mol. The van der Waals surface area contributed by atoms with Gasteiger partial charge in [-0.3, -0.25) is 14.4 Å². The quantitative estimate of drug-likeness (QED) is 0.174. The summed E-state index contributed by atoms with van der Waals surface area (Å²) in [6, 6.07) is 3.99. The molecule has 0 radical (unpaired) electrons. The predicted octanol–water partition coefficient (Wildman–Crippen LogP) is 7.90. The Morgan fingerprint density at radius 3 is 2.00 bits per heavy atom. The average Bonchev–Trinajstić information content (AvgIpc) is 3.49. The molecule has 0 unspecified atom stereocenters. The van der Waals surface area contributed by atoms with Crippen LogP contribution in [0.2, 0.25) is 5.02 Å². The minimum absolute atomic E-state index is 0.158. The first kappa shape index (κ1) is 33.2.